The highest BCUT2D eigenvalue weighted by atomic mass is 28.4. The fourth-order valence-electron chi connectivity index (χ4n) is 3.91. The summed E-state index contributed by atoms with van der Waals surface area (Å²) in [5, 5.41) is 0.218. The highest BCUT2D eigenvalue weighted by Gasteiger charge is 2.58. The quantitative estimate of drug-likeness (QED) is 0.356. The minimum absolute atomic E-state index is 0.102. The first-order valence-corrected chi connectivity index (χ1v) is 16.5. The average molecular weight is 423 g/mol. The van der Waals surface area contributed by atoms with Gasteiger partial charge in [0.1, 0.15) is 0 Å². The number of allylic oxidation sites excluding steroid dienone is 1. The third kappa shape index (κ3) is 4.32. The van der Waals surface area contributed by atoms with E-state index < -0.39 is 22.2 Å². The number of carbonyl (C=O) groups is 1. The summed E-state index contributed by atoms with van der Waals surface area (Å²) in [5.74, 6) is 0.496. The van der Waals surface area contributed by atoms with Crippen LogP contribution in [0, 0.1) is 5.92 Å². The van der Waals surface area contributed by atoms with Crippen LogP contribution in [0.5, 0.6) is 0 Å². The largest absolute Gasteiger partial charge is 0.408 e. The third-order valence-corrected chi connectivity index (χ3v) is 16.6. The molecule has 3 atom stereocenters. The van der Waals surface area contributed by atoms with Gasteiger partial charge in [-0.05, 0) is 66.7 Å². The Bertz CT molecular complexity index is 664. The maximum absolute atomic E-state index is 12.2. The summed E-state index contributed by atoms with van der Waals surface area (Å²) in [6.07, 6.45) is 5.94. The summed E-state index contributed by atoms with van der Waals surface area (Å²) >= 11 is 0. The second-order valence-electron chi connectivity index (χ2n) is 11.9. The minimum atomic E-state index is -2.04. The van der Waals surface area contributed by atoms with E-state index in [1.807, 2.05) is 12.2 Å². The molecule has 160 valence electrons. The van der Waals surface area contributed by atoms with Gasteiger partial charge in [-0.15, -0.1) is 6.58 Å². The van der Waals surface area contributed by atoms with Gasteiger partial charge >= 0.3 is 0 Å². The molecule has 0 bridgehead atoms. The lowest BCUT2D eigenvalue weighted by Crippen LogP contribution is -2.57. The molecule has 2 aliphatic carbocycles. The Morgan fingerprint density at radius 1 is 1.11 bits per heavy atom. The second kappa shape index (κ2) is 7.33. The lowest BCUT2D eigenvalue weighted by atomic mass is 9.93. The van der Waals surface area contributed by atoms with Gasteiger partial charge in [0, 0.05) is 6.42 Å². The molecule has 5 heteroatoms. The van der Waals surface area contributed by atoms with Crippen LogP contribution >= 0.6 is 0 Å². The average Bonchev–Trinajstić information content (AvgIpc) is 2.92. The molecule has 3 nitrogen and oxygen atoms in total. The Morgan fingerprint density at radius 2 is 1.64 bits per heavy atom. The van der Waals surface area contributed by atoms with Gasteiger partial charge < -0.3 is 8.85 Å². The predicted octanol–water partition coefficient (Wildman–Crippen LogP) is 6.63. The van der Waals surface area contributed by atoms with Gasteiger partial charge in [-0.2, -0.15) is 0 Å². The maximum Gasteiger partial charge on any atom is 0.193 e. The first-order chi connectivity index (χ1) is 12.5. The normalized spacial score (nSPS) is 29.1. The van der Waals surface area contributed by atoms with Crippen molar-refractivity contribution < 1.29 is 13.6 Å². The zero-order valence-electron chi connectivity index (χ0n) is 19.9. The molecule has 2 rings (SSSR count). The van der Waals surface area contributed by atoms with Gasteiger partial charge in [0.05, 0.1) is 11.7 Å². The van der Waals surface area contributed by atoms with Crippen LogP contribution in [0.25, 0.3) is 0 Å². The maximum atomic E-state index is 12.2. The van der Waals surface area contributed by atoms with Crippen LogP contribution in [0.15, 0.2) is 24.3 Å². The lowest BCUT2D eigenvalue weighted by Gasteiger charge is -2.49. The van der Waals surface area contributed by atoms with E-state index in [-0.39, 0.29) is 27.9 Å². The zero-order chi connectivity index (χ0) is 21.8. The van der Waals surface area contributed by atoms with E-state index in [1.165, 1.54) is 5.57 Å². The fraction of sp³-hybridized carbons (Fsp3) is 0.783. The van der Waals surface area contributed by atoms with Crippen LogP contribution in [0.3, 0.4) is 0 Å². The van der Waals surface area contributed by atoms with Crippen LogP contribution in [0.4, 0.5) is 0 Å². The monoisotopic (exact) mass is 422 g/mol. The van der Waals surface area contributed by atoms with Crippen molar-refractivity contribution in [3.8, 4) is 0 Å². The van der Waals surface area contributed by atoms with Crippen LogP contribution < -0.4 is 0 Å². The van der Waals surface area contributed by atoms with Crippen LogP contribution in [-0.2, 0) is 13.6 Å². The Hall–Kier alpha value is -0.496. The number of ketones is 1. The van der Waals surface area contributed by atoms with Crippen molar-refractivity contribution in [3.05, 3.63) is 24.3 Å². The number of rotatable bonds is 6. The van der Waals surface area contributed by atoms with Crippen LogP contribution in [0.2, 0.25) is 36.3 Å². The smallest absolute Gasteiger partial charge is 0.193 e. The molecule has 1 saturated carbocycles. The molecule has 0 radical (unpaired) electrons. The highest BCUT2D eigenvalue weighted by Crippen LogP contribution is 2.54. The number of hydrogen-bond donors (Lipinski definition) is 0. The number of fused-ring (bicyclic) bond motifs is 1. The Labute approximate surface area is 175 Å². The predicted molar refractivity (Wildman–Crippen MR) is 124 cm³/mol. The summed E-state index contributed by atoms with van der Waals surface area (Å²) in [4.78, 5) is 12.2. The Morgan fingerprint density at radius 3 is 2.11 bits per heavy atom. The second-order valence-corrected chi connectivity index (χ2v) is 21.4. The topological polar surface area (TPSA) is 35.5 Å². The van der Waals surface area contributed by atoms with Crippen molar-refractivity contribution in [3.63, 3.8) is 0 Å². The number of hydrogen-bond acceptors (Lipinski definition) is 3. The standard InChI is InChI=1S/C23H42O3Si2/c1-12-13-23(26-28(10,11)22(5,6)7)16-17-14-18(24)15-19(17)20(23)25-27(8,9)21(2,3)4/h12,15,17,20H,1,13-14,16H2,2-11H3/t17?,20-,23?/m1/s1. The van der Waals surface area contributed by atoms with Crippen molar-refractivity contribution in [2.45, 2.75) is 109 Å². The molecule has 2 aliphatic rings. The molecular formula is C23H42O3Si2. The van der Waals surface area contributed by atoms with Crippen LogP contribution in [-0.4, -0.2) is 34.1 Å². The Kier molecular flexibility index (Phi) is 6.22. The molecule has 0 aliphatic heterocycles. The van der Waals surface area contributed by atoms with E-state index >= 15 is 0 Å². The molecular weight excluding hydrogens is 380 g/mol. The molecule has 0 heterocycles. The van der Waals surface area contributed by atoms with E-state index in [2.05, 4.69) is 74.3 Å². The summed E-state index contributed by atoms with van der Waals surface area (Å²) in [5.41, 5.74) is 0.771. The third-order valence-electron chi connectivity index (χ3n) is 7.59. The van der Waals surface area contributed by atoms with Gasteiger partial charge in [0.15, 0.2) is 22.4 Å². The molecule has 0 aromatic rings. The van der Waals surface area contributed by atoms with Crippen molar-refractivity contribution in [1.29, 1.82) is 0 Å². The minimum Gasteiger partial charge on any atom is -0.408 e. The van der Waals surface area contributed by atoms with Gasteiger partial charge in [-0.3, -0.25) is 4.79 Å². The van der Waals surface area contributed by atoms with E-state index in [9.17, 15) is 4.79 Å². The molecule has 0 aromatic heterocycles. The van der Waals surface area contributed by atoms with Gasteiger partial charge in [-0.25, -0.2) is 0 Å². The van der Waals surface area contributed by atoms with Gasteiger partial charge in [0.25, 0.3) is 0 Å². The summed E-state index contributed by atoms with van der Waals surface area (Å²) in [6, 6.07) is 0. The first kappa shape index (κ1) is 23.8. The molecule has 0 aromatic carbocycles. The van der Waals surface area contributed by atoms with Crippen molar-refractivity contribution in [2.24, 2.45) is 5.92 Å². The summed E-state index contributed by atoms with van der Waals surface area (Å²) < 4.78 is 14.2. The van der Waals surface area contributed by atoms with E-state index in [0.29, 0.717) is 6.42 Å². The Balaban J connectivity index is 2.54. The zero-order valence-corrected chi connectivity index (χ0v) is 21.9. The van der Waals surface area contributed by atoms with Crippen molar-refractivity contribution in [2.75, 3.05) is 0 Å². The SMILES string of the molecule is C=CCC1(O[Si](C)(C)C(C)(C)C)CC2CC(=O)C=C2[C@H]1O[Si](C)(C)C(C)(C)C. The molecule has 2 unspecified atom stereocenters. The number of carbonyl (C=O) groups excluding carboxylic acids is 1. The van der Waals surface area contributed by atoms with Gasteiger partial charge in [-0.1, -0.05) is 47.6 Å². The molecule has 28 heavy (non-hydrogen) atoms. The van der Waals surface area contributed by atoms with E-state index in [4.69, 9.17) is 8.85 Å². The molecule has 0 spiro atoms. The van der Waals surface area contributed by atoms with E-state index in [1.54, 1.807) is 0 Å². The van der Waals surface area contributed by atoms with Gasteiger partial charge in [0.2, 0.25) is 0 Å². The fourth-order valence-corrected chi connectivity index (χ4v) is 6.80. The first-order valence-electron chi connectivity index (χ1n) is 10.7. The molecule has 0 N–H and O–H groups in total. The summed E-state index contributed by atoms with van der Waals surface area (Å²) in [7, 11) is -4.07. The summed E-state index contributed by atoms with van der Waals surface area (Å²) in [6.45, 7) is 26.9. The van der Waals surface area contributed by atoms with Crippen LogP contribution in [0.1, 0.15) is 60.8 Å². The molecule has 1 fully saturated rings. The lowest BCUT2D eigenvalue weighted by molar-refractivity contribution is -0.114. The van der Waals surface area contributed by atoms with Crippen molar-refractivity contribution in [1.82, 2.24) is 0 Å². The molecule has 0 saturated heterocycles. The molecule has 0 amide bonds. The highest BCUT2D eigenvalue weighted by molar-refractivity contribution is 6.74. The van der Waals surface area contributed by atoms with Crippen molar-refractivity contribution >= 4 is 22.4 Å². The van der Waals surface area contributed by atoms with E-state index in [0.717, 1.165) is 12.8 Å².